The van der Waals surface area contributed by atoms with Gasteiger partial charge in [-0.05, 0) is 61.3 Å². The molecule has 1 aromatic heterocycles. The van der Waals surface area contributed by atoms with Crippen molar-refractivity contribution in [3.63, 3.8) is 0 Å². The number of aryl methyl sites for hydroxylation is 2. The van der Waals surface area contributed by atoms with Crippen molar-refractivity contribution in [1.29, 1.82) is 0 Å². The zero-order valence-corrected chi connectivity index (χ0v) is 19.0. The molecule has 158 valence electrons. The van der Waals surface area contributed by atoms with Gasteiger partial charge in [-0.25, -0.2) is 0 Å². The molecule has 30 heavy (non-hydrogen) atoms. The van der Waals surface area contributed by atoms with E-state index in [4.69, 9.17) is 12.2 Å². The van der Waals surface area contributed by atoms with Gasteiger partial charge < -0.3 is 20.1 Å². The number of aromatic amines is 1. The standard InChI is InChI=1S/C24H30N4OS/c1-17-7-10-21(11-8-17)25-24(30)28(13-5-12-27(3)4)16-20-15-19-9-6-18(2)14-22(19)26-23(20)29/h6-11,14-15H,5,12-13,16H2,1-4H3,(H,25,30)(H,26,29)/p+1. The van der Waals surface area contributed by atoms with E-state index < -0.39 is 0 Å². The number of anilines is 1. The molecular weight excluding hydrogens is 392 g/mol. The van der Waals surface area contributed by atoms with Crippen LogP contribution in [0.1, 0.15) is 23.1 Å². The molecular formula is C24H31N4OS+. The second-order valence-electron chi connectivity index (χ2n) is 8.24. The van der Waals surface area contributed by atoms with Crippen LogP contribution in [0.25, 0.3) is 10.9 Å². The lowest BCUT2D eigenvalue weighted by Crippen LogP contribution is -3.05. The maximum atomic E-state index is 12.7. The average molecular weight is 424 g/mol. The molecule has 0 spiro atoms. The number of quaternary nitrogens is 1. The minimum Gasteiger partial charge on any atom is -0.344 e. The number of hydrogen-bond acceptors (Lipinski definition) is 2. The molecule has 0 aliphatic rings. The van der Waals surface area contributed by atoms with E-state index in [0.717, 1.165) is 47.2 Å². The van der Waals surface area contributed by atoms with Crippen LogP contribution in [0.5, 0.6) is 0 Å². The Bertz CT molecular complexity index is 1070. The van der Waals surface area contributed by atoms with Crippen LogP contribution in [0.4, 0.5) is 5.69 Å². The number of pyridine rings is 1. The summed E-state index contributed by atoms with van der Waals surface area (Å²) in [7, 11) is 4.28. The largest absolute Gasteiger partial charge is 0.344 e. The molecule has 0 atom stereocenters. The fraction of sp³-hybridized carbons (Fsp3) is 0.333. The molecule has 0 aliphatic heterocycles. The van der Waals surface area contributed by atoms with Crippen molar-refractivity contribution < 1.29 is 4.90 Å². The van der Waals surface area contributed by atoms with Crippen molar-refractivity contribution in [2.75, 3.05) is 32.5 Å². The van der Waals surface area contributed by atoms with E-state index in [9.17, 15) is 4.79 Å². The topological polar surface area (TPSA) is 52.6 Å². The van der Waals surface area contributed by atoms with E-state index in [1.807, 2.05) is 37.3 Å². The van der Waals surface area contributed by atoms with Crippen LogP contribution in [0.15, 0.2) is 53.3 Å². The molecule has 5 nitrogen and oxygen atoms in total. The third kappa shape index (κ3) is 5.90. The summed E-state index contributed by atoms with van der Waals surface area (Å²) in [6.45, 7) is 6.38. The van der Waals surface area contributed by atoms with Crippen LogP contribution >= 0.6 is 12.2 Å². The molecule has 0 saturated carbocycles. The molecule has 0 fully saturated rings. The molecule has 0 bridgehead atoms. The maximum absolute atomic E-state index is 12.7. The highest BCUT2D eigenvalue weighted by molar-refractivity contribution is 7.80. The zero-order chi connectivity index (χ0) is 21.7. The van der Waals surface area contributed by atoms with Crippen LogP contribution in [0.3, 0.4) is 0 Å². The van der Waals surface area contributed by atoms with Crippen LogP contribution in [-0.4, -0.2) is 42.2 Å². The smallest absolute Gasteiger partial charge is 0.253 e. The molecule has 3 N–H and O–H groups in total. The number of nitrogens with zero attached hydrogens (tertiary/aromatic N) is 1. The summed E-state index contributed by atoms with van der Waals surface area (Å²) in [5.74, 6) is 0. The zero-order valence-electron chi connectivity index (χ0n) is 18.2. The molecule has 3 rings (SSSR count). The fourth-order valence-corrected chi connectivity index (χ4v) is 3.67. The first-order chi connectivity index (χ1) is 14.3. The number of benzene rings is 2. The summed E-state index contributed by atoms with van der Waals surface area (Å²) < 4.78 is 0. The molecule has 0 unspecified atom stereocenters. The maximum Gasteiger partial charge on any atom is 0.253 e. The minimum absolute atomic E-state index is 0.0607. The van der Waals surface area contributed by atoms with E-state index in [0.29, 0.717) is 11.7 Å². The van der Waals surface area contributed by atoms with Crippen molar-refractivity contribution >= 4 is 33.9 Å². The van der Waals surface area contributed by atoms with Crippen molar-refractivity contribution in [1.82, 2.24) is 9.88 Å². The molecule has 0 amide bonds. The van der Waals surface area contributed by atoms with Gasteiger partial charge >= 0.3 is 0 Å². The van der Waals surface area contributed by atoms with Gasteiger partial charge in [0.25, 0.3) is 5.56 Å². The summed E-state index contributed by atoms with van der Waals surface area (Å²) in [4.78, 5) is 19.2. The van der Waals surface area contributed by atoms with E-state index in [1.165, 1.54) is 10.5 Å². The van der Waals surface area contributed by atoms with Crippen LogP contribution in [0.2, 0.25) is 0 Å². The highest BCUT2D eigenvalue weighted by atomic mass is 32.1. The van der Waals surface area contributed by atoms with Crippen molar-refractivity contribution in [2.24, 2.45) is 0 Å². The summed E-state index contributed by atoms with van der Waals surface area (Å²) in [5, 5.41) is 5.00. The predicted octanol–water partition coefficient (Wildman–Crippen LogP) is 2.88. The number of thiocarbonyl (C=S) groups is 1. The highest BCUT2D eigenvalue weighted by Crippen LogP contribution is 2.15. The Labute approximate surface area is 183 Å². The van der Waals surface area contributed by atoms with Gasteiger partial charge in [0, 0.05) is 29.7 Å². The lowest BCUT2D eigenvalue weighted by atomic mass is 10.1. The first kappa shape index (κ1) is 22.0. The number of H-pyrrole nitrogens is 1. The number of nitrogens with one attached hydrogen (secondary N) is 3. The lowest BCUT2D eigenvalue weighted by Gasteiger charge is -2.26. The molecule has 0 saturated heterocycles. The molecule has 6 heteroatoms. The van der Waals surface area contributed by atoms with E-state index in [2.05, 4.69) is 54.4 Å². The number of rotatable bonds is 7. The van der Waals surface area contributed by atoms with Gasteiger partial charge in [-0.1, -0.05) is 29.8 Å². The Hall–Kier alpha value is -2.70. The molecule has 1 heterocycles. The van der Waals surface area contributed by atoms with Crippen LogP contribution in [0, 0.1) is 13.8 Å². The lowest BCUT2D eigenvalue weighted by molar-refractivity contribution is -0.858. The van der Waals surface area contributed by atoms with Crippen molar-refractivity contribution in [3.05, 3.63) is 75.6 Å². The normalized spacial score (nSPS) is 11.1. The van der Waals surface area contributed by atoms with Gasteiger partial charge in [0.05, 0.1) is 27.2 Å². The van der Waals surface area contributed by atoms with Crippen LogP contribution < -0.4 is 15.8 Å². The third-order valence-electron chi connectivity index (χ3n) is 5.13. The number of hydrogen-bond donors (Lipinski definition) is 3. The van der Waals surface area contributed by atoms with Gasteiger partial charge in [0.1, 0.15) is 0 Å². The Morgan fingerprint density at radius 2 is 1.77 bits per heavy atom. The predicted molar refractivity (Wildman–Crippen MR) is 129 cm³/mol. The summed E-state index contributed by atoms with van der Waals surface area (Å²) in [5.41, 5.74) is 4.81. The number of fused-ring (bicyclic) bond motifs is 1. The first-order valence-corrected chi connectivity index (χ1v) is 10.8. The number of aromatic nitrogens is 1. The molecule has 3 aromatic rings. The van der Waals surface area contributed by atoms with Crippen LogP contribution in [-0.2, 0) is 6.54 Å². The first-order valence-electron chi connectivity index (χ1n) is 10.4. The molecule has 0 radical (unpaired) electrons. The average Bonchev–Trinajstić information content (AvgIpc) is 2.69. The van der Waals surface area contributed by atoms with Gasteiger partial charge in [0.2, 0.25) is 0 Å². The SMILES string of the molecule is Cc1ccc(NC(=S)N(CCC[NH+](C)C)Cc2cc3ccc(C)cc3[nH]c2=O)cc1. The van der Waals surface area contributed by atoms with Gasteiger partial charge in [-0.15, -0.1) is 0 Å². The molecule has 0 aliphatic carbocycles. The highest BCUT2D eigenvalue weighted by Gasteiger charge is 2.14. The summed E-state index contributed by atoms with van der Waals surface area (Å²) >= 11 is 5.72. The fourth-order valence-electron chi connectivity index (χ4n) is 3.40. The van der Waals surface area contributed by atoms with E-state index in [1.54, 1.807) is 0 Å². The summed E-state index contributed by atoms with van der Waals surface area (Å²) in [6, 6.07) is 16.2. The van der Waals surface area contributed by atoms with Gasteiger partial charge in [-0.2, -0.15) is 0 Å². The monoisotopic (exact) mass is 423 g/mol. The Kier molecular flexibility index (Phi) is 7.24. The van der Waals surface area contributed by atoms with Gasteiger partial charge in [0.15, 0.2) is 5.11 Å². The summed E-state index contributed by atoms with van der Waals surface area (Å²) in [6.07, 6.45) is 0.989. The third-order valence-corrected chi connectivity index (χ3v) is 5.49. The quantitative estimate of drug-likeness (QED) is 0.512. The second kappa shape index (κ2) is 9.87. The van der Waals surface area contributed by atoms with E-state index >= 15 is 0 Å². The van der Waals surface area contributed by atoms with E-state index in [-0.39, 0.29) is 5.56 Å². The van der Waals surface area contributed by atoms with Crippen molar-refractivity contribution in [2.45, 2.75) is 26.8 Å². The van der Waals surface area contributed by atoms with Gasteiger partial charge in [-0.3, -0.25) is 4.79 Å². The Morgan fingerprint density at radius 3 is 2.47 bits per heavy atom. The van der Waals surface area contributed by atoms with Crippen molar-refractivity contribution in [3.8, 4) is 0 Å². The Morgan fingerprint density at radius 1 is 1.07 bits per heavy atom. The Balaban J connectivity index is 1.82. The second-order valence-corrected chi connectivity index (χ2v) is 8.63. The minimum atomic E-state index is -0.0607. The molecule has 2 aromatic carbocycles.